The number of morpholine rings is 1. The van der Waals surface area contributed by atoms with Crippen LogP contribution in [0, 0.1) is 0 Å². The molecular formula is C10H20N2O3. The van der Waals surface area contributed by atoms with Crippen molar-refractivity contribution in [1.29, 1.82) is 0 Å². The molecule has 0 radical (unpaired) electrons. The first-order valence-corrected chi connectivity index (χ1v) is 5.55. The molecule has 0 aromatic rings. The molecule has 0 aromatic heterocycles. The van der Waals surface area contributed by atoms with Crippen LogP contribution in [0.4, 0.5) is 0 Å². The van der Waals surface area contributed by atoms with Crippen molar-refractivity contribution in [1.82, 2.24) is 10.2 Å². The average Bonchev–Trinajstić information content (AvgIpc) is 2.61. The Kier molecular flexibility index (Phi) is 3.93. The van der Waals surface area contributed by atoms with Crippen LogP contribution < -0.4 is 5.32 Å². The largest absolute Gasteiger partial charge is 0.389 e. The Morgan fingerprint density at radius 1 is 1.47 bits per heavy atom. The molecule has 3 unspecified atom stereocenters. The van der Waals surface area contributed by atoms with E-state index in [1.807, 2.05) is 0 Å². The minimum atomic E-state index is -0.369. The van der Waals surface area contributed by atoms with Gasteiger partial charge in [0.1, 0.15) is 0 Å². The lowest BCUT2D eigenvalue weighted by Gasteiger charge is -2.31. The molecular weight excluding hydrogens is 196 g/mol. The number of rotatable bonds is 3. The van der Waals surface area contributed by atoms with Crippen LogP contribution in [0.5, 0.6) is 0 Å². The van der Waals surface area contributed by atoms with Crippen molar-refractivity contribution in [2.24, 2.45) is 0 Å². The monoisotopic (exact) mass is 216 g/mol. The molecule has 0 aromatic carbocycles. The van der Waals surface area contributed by atoms with Gasteiger partial charge in [0.15, 0.2) is 0 Å². The van der Waals surface area contributed by atoms with E-state index < -0.39 is 0 Å². The van der Waals surface area contributed by atoms with Gasteiger partial charge in [-0.3, -0.25) is 0 Å². The highest BCUT2D eigenvalue weighted by Crippen LogP contribution is 2.07. The van der Waals surface area contributed by atoms with Gasteiger partial charge in [0, 0.05) is 19.6 Å². The van der Waals surface area contributed by atoms with Gasteiger partial charge in [-0.2, -0.15) is 0 Å². The van der Waals surface area contributed by atoms with Crippen LogP contribution in [0.15, 0.2) is 0 Å². The Labute approximate surface area is 90.3 Å². The lowest BCUT2D eigenvalue weighted by atomic mass is 10.2. The Bertz CT molecular complexity index is 203. The molecule has 2 aliphatic rings. The van der Waals surface area contributed by atoms with E-state index in [4.69, 9.17) is 9.47 Å². The minimum Gasteiger partial charge on any atom is -0.389 e. The van der Waals surface area contributed by atoms with E-state index in [9.17, 15) is 5.11 Å². The minimum absolute atomic E-state index is 0.0702. The molecule has 5 heteroatoms. The highest BCUT2D eigenvalue weighted by atomic mass is 16.5. The summed E-state index contributed by atoms with van der Waals surface area (Å²) < 4.78 is 10.8. The van der Waals surface area contributed by atoms with E-state index in [2.05, 4.69) is 17.3 Å². The first-order chi connectivity index (χ1) is 7.25. The first-order valence-electron chi connectivity index (χ1n) is 5.55. The molecule has 0 spiro atoms. The smallest absolute Gasteiger partial charge is 0.0948 e. The highest BCUT2D eigenvalue weighted by Gasteiger charge is 2.27. The molecule has 2 heterocycles. The maximum atomic E-state index is 9.53. The quantitative estimate of drug-likeness (QED) is 0.612. The number of ether oxygens (including phenoxy) is 2. The third-order valence-corrected chi connectivity index (χ3v) is 3.00. The average molecular weight is 216 g/mol. The Balaban J connectivity index is 1.68. The van der Waals surface area contributed by atoms with Gasteiger partial charge in [-0.05, 0) is 7.05 Å². The maximum absolute atomic E-state index is 9.53. The van der Waals surface area contributed by atoms with Crippen molar-refractivity contribution < 1.29 is 14.6 Å². The second-order valence-electron chi connectivity index (χ2n) is 4.37. The van der Waals surface area contributed by atoms with Crippen LogP contribution in [0.2, 0.25) is 0 Å². The van der Waals surface area contributed by atoms with Gasteiger partial charge >= 0.3 is 0 Å². The zero-order valence-corrected chi connectivity index (χ0v) is 9.19. The molecule has 0 amide bonds. The van der Waals surface area contributed by atoms with Gasteiger partial charge in [-0.1, -0.05) is 0 Å². The van der Waals surface area contributed by atoms with E-state index in [0.717, 1.165) is 26.2 Å². The number of hydrogen-bond acceptors (Lipinski definition) is 5. The number of likely N-dealkylation sites (N-methyl/N-ethyl adjacent to an activating group) is 1. The molecule has 2 fully saturated rings. The molecule has 2 saturated heterocycles. The first kappa shape index (κ1) is 11.3. The van der Waals surface area contributed by atoms with Crippen molar-refractivity contribution in [3.8, 4) is 0 Å². The SMILES string of the molecule is CN1CCOC(CNC2COCC2O)C1. The van der Waals surface area contributed by atoms with Gasteiger partial charge in [0.2, 0.25) is 0 Å². The lowest BCUT2D eigenvalue weighted by molar-refractivity contribution is -0.0206. The molecule has 0 saturated carbocycles. The zero-order chi connectivity index (χ0) is 10.7. The van der Waals surface area contributed by atoms with E-state index >= 15 is 0 Å². The number of aliphatic hydroxyl groups is 1. The summed E-state index contributed by atoms with van der Waals surface area (Å²) in [5.41, 5.74) is 0. The van der Waals surface area contributed by atoms with E-state index in [-0.39, 0.29) is 18.2 Å². The van der Waals surface area contributed by atoms with E-state index in [1.54, 1.807) is 0 Å². The molecule has 15 heavy (non-hydrogen) atoms. The van der Waals surface area contributed by atoms with Crippen LogP contribution in [-0.2, 0) is 9.47 Å². The van der Waals surface area contributed by atoms with Crippen LogP contribution in [0.1, 0.15) is 0 Å². The Morgan fingerprint density at radius 3 is 3.00 bits per heavy atom. The summed E-state index contributed by atoms with van der Waals surface area (Å²) in [5.74, 6) is 0. The highest BCUT2D eigenvalue weighted by molar-refractivity contribution is 4.82. The summed E-state index contributed by atoms with van der Waals surface area (Å²) in [7, 11) is 2.10. The number of nitrogens with zero attached hydrogens (tertiary/aromatic N) is 1. The van der Waals surface area contributed by atoms with Gasteiger partial charge in [-0.25, -0.2) is 0 Å². The normalized spacial score (nSPS) is 38.4. The van der Waals surface area contributed by atoms with Crippen molar-refractivity contribution in [3.05, 3.63) is 0 Å². The molecule has 0 aliphatic carbocycles. The third-order valence-electron chi connectivity index (χ3n) is 3.00. The van der Waals surface area contributed by atoms with Gasteiger partial charge in [-0.15, -0.1) is 0 Å². The fourth-order valence-electron chi connectivity index (χ4n) is 2.01. The van der Waals surface area contributed by atoms with Crippen molar-refractivity contribution in [2.75, 3.05) is 46.5 Å². The Morgan fingerprint density at radius 2 is 2.33 bits per heavy atom. The van der Waals surface area contributed by atoms with Crippen LogP contribution in [0.3, 0.4) is 0 Å². The second-order valence-corrected chi connectivity index (χ2v) is 4.37. The van der Waals surface area contributed by atoms with Crippen LogP contribution in [0.25, 0.3) is 0 Å². The summed E-state index contributed by atoms with van der Waals surface area (Å²) in [6.45, 7) is 4.59. The Hall–Kier alpha value is -0.200. The molecule has 0 bridgehead atoms. The summed E-state index contributed by atoms with van der Waals surface area (Å²) in [6, 6.07) is 0.0702. The second kappa shape index (κ2) is 5.23. The molecule has 2 rings (SSSR count). The summed E-state index contributed by atoms with van der Waals surface area (Å²) in [5, 5.41) is 12.8. The number of hydrogen-bond donors (Lipinski definition) is 2. The standard InChI is InChI=1S/C10H20N2O3/c1-12-2-3-15-8(5-12)4-11-9-6-14-7-10(9)13/h8-11,13H,2-7H2,1H3. The molecule has 88 valence electrons. The summed E-state index contributed by atoms with van der Waals surface area (Å²) in [4.78, 5) is 2.26. The molecule has 2 N–H and O–H groups in total. The van der Waals surface area contributed by atoms with Gasteiger partial charge < -0.3 is 24.8 Å². The third kappa shape index (κ3) is 3.12. The number of nitrogens with one attached hydrogen (secondary N) is 1. The molecule has 3 atom stereocenters. The van der Waals surface area contributed by atoms with Gasteiger partial charge in [0.05, 0.1) is 38.1 Å². The van der Waals surface area contributed by atoms with Crippen molar-refractivity contribution >= 4 is 0 Å². The van der Waals surface area contributed by atoms with Crippen molar-refractivity contribution in [2.45, 2.75) is 18.2 Å². The van der Waals surface area contributed by atoms with Crippen molar-refractivity contribution in [3.63, 3.8) is 0 Å². The predicted molar refractivity (Wildman–Crippen MR) is 55.9 cm³/mol. The number of aliphatic hydroxyl groups excluding tert-OH is 1. The van der Waals surface area contributed by atoms with Crippen LogP contribution in [-0.4, -0.2) is 74.8 Å². The fourth-order valence-corrected chi connectivity index (χ4v) is 2.01. The van der Waals surface area contributed by atoms with Crippen LogP contribution >= 0.6 is 0 Å². The van der Waals surface area contributed by atoms with E-state index in [0.29, 0.717) is 13.2 Å². The predicted octanol–water partition coefficient (Wildman–Crippen LogP) is -1.33. The summed E-state index contributed by atoms with van der Waals surface area (Å²) >= 11 is 0. The fraction of sp³-hybridized carbons (Fsp3) is 1.00. The molecule has 2 aliphatic heterocycles. The topological polar surface area (TPSA) is 54.0 Å². The molecule has 5 nitrogen and oxygen atoms in total. The lowest BCUT2D eigenvalue weighted by Crippen LogP contribution is -2.49. The zero-order valence-electron chi connectivity index (χ0n) is 9.19. The summed E-state index contributed by atoms with van der Waals surface area (Å²) in [6.07, 6.45) is -0.136. The maximum Gasteiger partial charge on any atom is 0.0948 e. The van der Waals surface area contributed by atoms with Gasteiger partial charge in [0.25, 0.3) is 0 Å². The van der Waals surface area contributed by atoms with E-state index in [1.165, 1.54) is 0 Å².